The van der Waals surface area contributed by atoms with Gasteiger partial charge in [-0.25, -0.2) is 0 Å². The molecule has 16 heavy (non-hydrogen) atoms. The highest BCUT2D eigenvalue weighted by atomic mass is 15.1. The third-order valence-electron chi connectivity index (χ3n) is 4.58. The molecule has 0 radical (unpaired) electrons. The third-order valence-corrected chi connectivity index (χ3v) is 4.58. The van der Waals surface area contributed by atoms with Gasteiger partial charge in [-0.05, 0) is 39.3 Å². The van der Waals surface area contributed by atoms with Crippen molar-refractivity contribution in [3.63, 3.8) is 0 Å². The fourth-order valence-corrected chi connectivity index (χ4v) is 3.28. The first-order valence-corrected chi connectivity index (χ1v) is 7.33. The van der Waals surface area contributed by atoms with E-state index in [9.17, 15) is 0 Å². The highest BCUT2D eigenvalue weighted by Crippen LogP contribution is 2.38. The molecule has 0 bridgehead atoms. The molecule has 0 amide bonds. The summed E-state index contributed by atoms with van der Waals surface area (Å²) in [5.41, 5.74) is 0. The maximum atomic E-state index is 2.41. The Morgan fingerprint density at radius 3 is 2.50 bits per heavy atom. The van der Waals surface area contributed by atoms with Crippen LogP contribution in [-0.2, 0) is 0 Å². The summed E-state index contributed by atoms with van der Waals surface area (Å²) < 4.78 is 0. The maximum absolute atomic E-state index is 2.41. The van der Waals surface area contributed by atoms with Crippen molar-refractivity contribution in [1.29, 1.82) is 0 Å². The predicted molar refractivity (Wildman–Crippen MR) is 72.7 cm³/mol. The van der Waals surface area contributed by atoms with E-state index in [4.69, 9.17) is 0 Å². The Labute approximate surface area is 103 Å². The molecule has 2 unspecified atom stereocenters. The van der Waals surface area contributed by atoms with E-state index in [-0.39, 0.29) is 0 Å². The van der Waals surface area contributed by atoms with Crippen molar-refractivity contribution in [3.8, 4) is 0 Å². The zero-order chi connectivity index (χ0) is 12.0. The van der Waals surface area contributed by atoms with Crippen LogP contribution in [0.4, 0.5) is 0 Å². The number of unbranched alkanes of at least 4 members (excludes halogenated alkanes) is 3. The highest BCUT2D eigenvalue weighted by molar-refractivity contribution is 4.84. The van der Waals surface area contributed by atoms with E-state index in [1.54, 1.807) is 0 Å². The van der Waals surface area contributed by atoms with Crippen LogP contribution in [0.3, 0.4) is 0 Å². The van der Waals surface area contributed by atoms with Gasteiger partial charge in [0.2, 0.25) is 0 Å². The van der Waals surface area contributed by atoms with Crippen LogP contribution in [0.15, 0.2) is 0 Å². The quantitative estimate of drug-likeness (QED) is 0.583. The standard InChI is InChI=1S/C15H31N/c1-5-6-7-8-10-14-11-9-12-15(14)13(2)16(3)4/h13-15H,5-12H2,1-4H3/t13-,14?,15?/m1/s1. The summed E-state index contributed by atoms with van der Waals surface area (Å²) in [4.78, 5) is 2.41. The second-order valence-electron chi connectivity index (χ2n) is 5.91. The minimum atomic E-state index is 0.777. The van der Waals surface area contributed by atoms with Gasteiger partial charge in [0.1, 0.15) is 0 Å². The first kappa shape index (κ1) is 14.0. The summed E-state index contributed by atoms with van der Waals surface area (Å²) in [6, 6.07) is 0.777. The van der Waals surface area contributed by atoms with Gasteiger partial charge < -0.3 is 4.90 Å². The van der Waals surface area contributed by atoms with Crippen LogP contribution in [0.2, 0.25) is 0 Å². The Morgan fingerprint density at radius 1 is 1.12 bits per heavy atom. The van der Waals surface area contributed by atoms with Crippen LogP contribution in [0.1, 0.15) is 65.2 Å². The SMILES string of the molecule is CCCCCCC1CCCC1[C@@H](C)N(C)C. The Bertz CT molecular complexity index is 176. The summed E-state index contributed by atoms with van der Waals surface area (Å²) >= 11 is 0. The minimum absolute atomic E-state index is 0.777. The first-order valence-electron chi connectivity index (χ1n) is 7.33. The number of hydrogen-bond acceptors (Lipinski definition) is 1. The lowest BCUT2D eigenvalue weighted by Crippen LogP contribution is -2.34. The first-order chi connectivity index (χ1) is 7.66. The highest BCUT2D eigenvalue weighted by Gasteiger charge is 2.31. The maximum Gasteiger partial charge on any atom is 0.00917 e. The Hall–Kier alpha value is -0.0400. The molecule has 1 nitrogen and oxygen atoms in total. The van der Waals surface area contributed by atoms with E-state index in [0.29, 0.717) is 0 Å². The van der Waals surface area contributed by atoms with Crippen molar-refractivity contribution >= 4 is 0 Å². The third kappa shape index (κ3) is 4.08. The van der Waals surface area contributed by atoms with Gasteiger partial charge in [-0.3, -0.25) is 0 Å². The zero-order valence-corrected chi connectivity index (χ0v) is 11.8. The van der Waals surface area contributed by atoms with E-state index in [2.05, 4.69) is 32.8 Å². The smallest absolute Gasteiger partial charge is 0.00917 e. The molecule has 0 aliphatic heterocycles. The number of hydrogen-bond donors (Lipinski definition) is 0. The van der Waals surface area contributed by atoms with Crippen molar-refractivity contribution in [1.82, 2.24) is 4.90 Å². The monoisotopic (exact) mass is 225 g/mol. The summed E-state index contributed by atoms with van der Waals surface area (Å²) in [7, 11) is 4.47. The fourth-order valence-electron chi connectivity index (χ4n) is 3.28. The molecule has 1 aliphatic rings. The molecule has 1 fully saturated rings. The van der Waals surface area contributed by atoms with E-state index < -0.39 is 0 Å². The lowest BCUT2D eigenvalue weighted by Gasteiger charge is -2.30. The van der Waals surface area contributed by atoms with E-state index >= 15 is 0 Å². The van der Waals surface area contributed by atoms with Gasteiger partial charge >= 0.3 is 0 Å². The van der Waals surface area contributed by atoms with Crippen molar-refractivity contribution in [2.45, 2.75) is 71.3 Å². The molecule has 1 heteroatoms. The van der Waals surface area contributed by atoms with Crippen LogP contribution in [0.25, 0.3) is 0 Å². The molecule has 1 aliphatic carbocycles. The molecular weight excluding hydrogens is 194 g/mol. The van der Waals surface area contributed by atoms with Gasteiger partial charge in [-0.2, -0.15) is 0 Å². The summed E-state index contributed by atoms with van der Waals surface area (Å²) in [5.74, 6) is 1.99. The molecule has 0 spiro atoms. The topological polar surface area (TPSA) is 3.24 Å². The largest absolute Gasteiger partial charge is 0.306 e. The molecule has 1 saturated carbocycles. The fraction of sp³-hybridized carbons (Fsp3) is 1.00. The summed E-state index contributed by atoms with van der Waals surface area (Å²) in [5, 5.41) is 0. The van der Waals surface area contributed by atoms with Crippen LogP contribution in [-0.4, -0.2) is 25.0 Å². The molecule has 0 saturated heterocycles. The van der Waals surface area contributed by atoms with Gasteiger partial charge in [-0.15, -0.1) is 0 Å². The molecule has 0 heterocycles. The number of rotatable bonds is 7. The molecule has 0 aromatic rings. The molecule has 0 aromatic carbocycles. The van der Waals surface area contributed by atoms with Crippen molar-refractivity contribution in [3.05, 3.63) is 0 Å². The van der Waals surface area contributed by atoms with Gasteiger partial charge in [0.15, 0.2) is 0 Å². The zero-order valence-electron chi connectivity index (χ0n) is 11.8. The molecular formula is C15H31N. The molecule has 0 aromatic heterocycles. The lowest BCUT2D eigenvalue weighted by molar-refractivity contribution is 0.182. The Kier molecular flexibility index (Phi) is 6.41. The second kappa shape index (κ2) is 7.32. The minimum Gasteiger partial charge on any atom is -0.306 e. The van der Waals surface area contributed by atoms with Crippen LogP contribution in [0, 0.1) is 11.8 Å². The van der Waals surface area contributed by atoms with Crippen LogP contribution in [0.5, 0.6) is 0 Å². The molecule has 3 atom stereocenters. The van der Waals surface area contributed by atoms with Crippen LogP contribution >= 0.6 is 0 Å². The number of nitrogens with zero attached hydrogens (tertiary/aromatic N) is 1. The van der Waals surface area contributed by atoms with Crippen LogP contribution < -0.4 is 0 Å². The summed E-state index contributed by atoms with van der Waals surface area (Å²) in [6.07, 6.45) is 11.6. The van der Waals surface area contributed by atoms with E-state index in [1.165, 1.54) is 51.4 Å². The molecule has 96 valence electrons. The normalized spacial score (nSPS) is 27.6. The van der Waals surface area contributed by atoms with Crippen molar-refractivity contribution in [2.75, 3.05) is 14.1 Å². The second-order valence-corrected chi connectivity index (χ2v) is 5.91. The molecule has 0 N–H and O–H groups in total. The predicted octanol–water partition coefficient (Wildman–Crippen LogP) is 4.32. The van der Waals surface area contributed by atoms with Crippen molar-refractivity contribution in [2.24, 2.45) is 11.8 Å². The average molecular weight is 225 g/mol. The van der Waals surface area contributed by atoms with Crippen molar-refractivity contribution < 1.29 is 0 Å². The van der Waals surface area contributed by atoms with E-state index in [1.807, 2.05) is 0 Å². The average Bonchev–Trinajstić information content (AvgIpc) is 2.71. The van der Waals surface area contributed by atoms with Gasteiger partial charge in [0, 0.05) is 6.04 Å². The van der Waals surface area contributed by atoms with Gasteiger partial charge in [0.25, 0.3) is 0 Å². The molecule has 1 rings (SSSR count). The summed E-state index contributed by atoms with van der Waals surface area (Å²) in [6.45, 7) is 4.71. The lowest BCUT2D eigenvalue weighted by atomic mass is 9.85. The van der Waals surface area contributed by atoms with E-state index in [0.717, 1.165) is 17.9 Å². The Morgan fingerprint density at radius 2 is 1.88 bits per heavy atom. The van der Waals surface area contributed by atoms with Gasteiger partial charge in [-0.1, -0.05) is 51.9 Å². The van der Waals surface area contributed by atoms with Gasteiger partial charge in [0.05, 0.1) is 0 Å². The Balaban J connectivity index is 2.28.